The van der Waals surface area contributed by atoms with Crippen molar-refractivity contribution in [3.8, 4) is 0 Å². The van der Waals surface area contributed by atoms with Crippen LogP contribution < -0.4 is 0 Å². The molecule has 23 heavy (non-hydrogen) atoms. The lowest BCUT2D eigenvalue weighted by Gasteiger charge is -2.60. The van der Waals surface area contributed by atoms with Crippen molar-refractivity contribution in [2.45, 2.75) is 91.1 Å². The molecule has 2 nitrogen and oxygen atoms in total. The second kappa shape index (κ2) is 5.49. The topological polar surface area (TPSA) is 26.3 Å². The molecule has 7 atom stereocenters. The van der Waals surface area contributed by atoms with Gasteiger partial charge in [-0.15, -0.1) is 0 Å². The van der Waals surface area contributed by atoms with Crippen molar-refractivity contribution in [3.05, 3.63) is 0 Å². The lowest BCUT2D eigenvalue weighted by Crippen LogP contribution is -2.53. The Bertz CT molecular complexity index is 486. The summed E-state index contributed by atoms with van der Waals surface area (Å²) in [5.74, 6) is 3.55. The van der Waals surface area contributed by atoms with Crippen LogP contribution in [0.2, 0.25) is 0 Å². The first-order valence-electron chi connectivity index (χ1n) is 10.1. The lowest BCUT2D eigenvalue weighted by atomic mass is 9.45. The Labute approximate surface area is 141 Å². The number of carbonyl (C=O) groups is 1. The van der Waals surface area contributed by atoms with Gasteiger partial charge in [-0.2, -0.15) is 0 Å². The van der Waals surface area contributed by atoms with E-state index in [1.165, 1.54) is 57.8 Å². The third-order valence-corrected chi connectivity index (χ3v) is 8.80. The van der Waals surface area contributed by atoms with Gasteiger partial charge in [0, 0.05) is 12.3 Å². The van der Waals surface area contributed by atoms with Crippen molar-refractivity contribution in [3.63, 3.8) is 0 Å². The third-order valence-electron chi connectivity index (χ3n) is 8.80. The van der Waals surface area contributed by atoms with E-state index in [-0.39, 0.29) is 17.5 Å². The van der Waals surface area contributed by atoms with E-state index in [4.69, 9.17) is 4.74 Å². The molecule has 0 N–H and O–H groups in total. The Kier molecular flexibility index (Phi) is 3.81. The fourth-order valence-electron chi connectivity index (χ4n) is 7.64. The van der Waals surface area contributed by atoms with Gasteiger partial charge in [-0.3, -0.25) is 4.79 Å². The van der Waals surface area contributed by atoms with Crippen molar-refractivity contribution in [1.29, 1.82) is 0 Å². The predicted octanol–water partition coefficient (Wildman–Crippen LogP) is 5.35. The number of carbonyl (C=O) groups excluding carboxylic acids is 1. The molecule has 0 aromatic heterocycles. The second-order valence-corrected chi connectivity index (χ2v) is 9.62. The largest absolute Gasteiger partial charge is 0.462 e. The van der Waals surface area contributed by atoms with E-state index in [2.05, 4.69) is 13.8 Å². The van der Waals surface area contributed by atoms with Gasteiger partial charge in [-0.05, 0) is 80.5 Å². The number of rotatable bonds is 1. The summed E-state index contributed by atoms with van der Waals surface area (Å²) in [7, 11) is 0. The smallest absolute Gasteiger partial charge is 0.302 e. The highest BCUT2D eigenvalue weighted by molar-refractivity contribution is 5.66. The Morgan fingerprint density at radius 3 is 2.43 bits per heavy atom. The summed E-state index contributed by atoms with van der Waals surface area (Å²) in [5, 5.41) is 0. The molecule has 0 aliphatic heterocycles. The van der Waals surface area contributed by atoms with Crippen LogP contribution in [0.4, 0.5) is 0 Å². The van der Waals surface area contributed by atoms with Gasteiger partial charge >= 0.3 is 5.97 Å². The fourth-order valence-corrected chi connectivity index (χ4v) is 7.64. The summed E-state index contributed by atoms with van der Waals surface area (Å²) in [6.07, 6.45) is 14.0. The van der Waals surface area contributed by atoms with E-state index in [9.17, 15) is 4.79 Å². The van der Waals surface area contributed by atoms with Crippen molar-refractivity contribution in [1.82, 2.24) is 0 Å². The normalized spacial score (nSPS) is 52.2. The van der Waals surface area contributed by atoms with Crippen LogP contribution in [0, 0.1) is 34.5 Å². The fraction of sp³-hybridized carbons (Fsp3) is 0.952. The van der Waals surface area contributed by atoms with Crippen LogP contribution in [0.15, 0.2) is 0 Å². The van der Waals surface area contributed by atoms with E-state index in [0.717, 1.165) is 30.1 Å². The number of ether oxygens (including phenoxy) is 1. The molecule has 0 unspecified atom stereocenters. The van der Waals surface area contributed by atoms with Crippen LogP contribution in [0.25, 0.3) is 0 Å². The molecule has 4 aliphatic carbocycles. The second-order valence-electron chi connectivity index (χ2n) is 9.62. The monoisotopic (exact) mass is 318 g/mol. The van der Waals surface area contributed by atoms with Gasteiger partial charge < -0.3 is 4.74 Å². The van der Waals surface area contributed by atoms with Gasteiger partial charge in [-0.1, -0.05) is 26.7 Å². The molecule has 0 spiro atoms. The lowest BCUT2D eigenvalue weighted by molar-refractivity contribution is -0.161. The minimum atomic E-state index is -0.0815. The molecular formula is C21H34O2. The highest BCUT2D eigenvalue weighted by atomic mass is 16.5. The van der Waals surface area contributed by atoms with E-state index >= 15 is 0 Å². The maximum Gasteiger partial charge on any atom is 0.302 e. The van der Waals surface area contributed by atoms with Gasteiger partial charge in [0.05, 0.1) is 0 Å². The quantitative estimate of drug-likeness (QED) is 0.609. The Morgan fingerprint density at radius 1 is 0.870 bits per heavy atom. The molecular weight excluding hydrogens is 284 g/mol. The van der Waals surface area contributed by atoms with Crippen molar-refractivity contribution >= 4 is 5.97 Å². The third kappa shape index (κ3) is 2.30. The zero-order chi connectivity index (χ0) is 16.2. The summed E-state index contributed by atoms with van der Waals surface area (Å²) in [4.78, 5) is 11.5. The number of fused-ring (bicyclic) bond motifs is 5. The minimum Gasteiger partial charge on any atom is -0.462 e. The molecule has 4 rings (SSSR count). The molecule has 4 fully saturated rings. The molecule has 0 heterocycles. The van der Waals surface area contributed by atoms with Crippen molar-refractivity contribution in [2.24, 2.45) is 34.5 Å². The van der Waals surface area contributed by atoms with E-state index in [1.54, 1.807) is 6.92 Å². The standard InChI is InChI=1S/C21H34O2/c1-14(22)23-19-10-9-17-16-8-7-15-6-4-5-12-20(15,2)18(16)11-13-21(17,19)3/h15-19H,4-13H2,1-3H3/t15-,16+,17-,18-,19-,20+,21-/m1/s1. The first-order chi connectivity index (χ1) is 10.9. The molecule has 0 radical (unpaired) electrons. The molecule has 130 valence electrons. The van der Waals surface area contributed by atoms with Gasteiger partial charge in [-0.25, -0.2) is 0 Å². The average Bonchev–Trinajstić information content (AvgIpc) is 2.83. The molecule has 2 heteroatoms. The van der Waals surface area contributed by atoms with Crippen LogP contribution in [-0.2, 0) is 9.53 Å². The van der Waals surface area contributed by atoms with Crippen molar-refractivity contribution in [2.75, 3.05) is 0 Å². The van der Waals surface area contributed by atoms with Gasteiger partial charge in [0.1, 0.15) is 6.10 Å². The first-order valence-corrected chi connectivity index (χ1v) is 10.1. The van der Waals surface area contributed by atoms with E-state index in [0.29, 0.717) is 5.41 Å². The number of esters is 1. The SMILES string of the molecule is CC(=O)O[C@@H]1CC[C@@H]2[C@@H]3CC[C@H]4CCCC[C@]4(C)[C@@H]3CC[C@]21C. The average molecular weight is 319 g/mol. The first kappa shape index (κ1) is 16.0. The Morgan fingerprint density at radius 2 is 1.65 bits per heavy atom. The maximum atomic E-state index is 11.5. The summed E-state index contributed by atoms with van der Waals surface area (Å²) in [5.41, 5.74) is 0.868. The van der Waals surface area contributed by atoms with Crippen LogP contribution in [0.3, 0.4) is 0 Å². The summed E-state index contributed by atoms with van der Waals surface area (Å²) < 4.78 is 5.76. The highest BCUT2D eigenvalue weighted by Gasteiger charge is 2.60. The van der Waals surface area contributed by atoms with E-state index < -0.39 is 0 Å². The molecule has 0 saturated heterocycles. The van der Waals surface area contributed by atoms with Gasteiger partial charge in [0.25, 0.3) is 0 Å². The molecule has 4 aliphatic rings. The zero-order valence-electron chi connectivity index (χ0n) is 15.3. The molecule has 4 saturated carbocycles. The maximum absolute atomic E-state index is 11.5. The Hall–Kier alpha value is -0.530. The van der Waals surface area contributed by atoms with E-state index in [1.807, 2.05) is 0 Å². The van der Waals surface area contributed by atoms with Crippen molar-refractivity contribution < 1.29 is 9.53 Å². The highest BCUT2D eigenvalue weighted by Crippen LogP contribution is 2.66. The van der Waals surface area contributed by atoms with Gasteiger partial charge in [0.15, 0.2) is 0 Å². The Balaban J connectivity index is 1.59. The molecule has 0 amide bonds. The predicted molar refractivity (Wildman–Crippen MR) is 91.9 cm³/mol. The molecule has 0 aromatic carbocycles. The number of hydrogen-bond acceptors (Lipinski definition) is 2. The van der Waals surface area contributed by atoms with Crippen LogP contribution in [0.1, 0.15) is 85.0 Å². The summed E-state index contributed by atoms with van der Waals surface area (Å²) >= 11 is 0. The molecule has 0 bridgehead atoms. The minimum absolute atomic E-state index is 0.0815. The summed E-state index contributed by atoms with van der Waals surface area (Å²) in [6.45, 7) is 6.65. The van der Waals surface area contributed by atoms with Crippen LogP contribution in [-0.4, -0.2) is 12.1 Å². The number of hydrogen-bond donors (Lipinski definition) is 0. The summed E-state index contributed by atoms with van der Waals surface area (Å²) in [6, 6.07) is 0. The zero-order valence-corrected chi connectivity index (χ0v) is 15.3. The van der Waals surface area contributed by atoms with Gasteiger partial charge in [0.2, 0.25) is 0 Å². The van der Waals surface area contributed by atoms with Crippen LogP contribution >= 0.6 is 0 Å². The molecule has 0 aromatic rings. The van der Waals surface area contributed by atoms with Crippen LogP contribution in [0.5, 0.6) is 0 Å².